The Morgan fingerprint density at radius 3 is 2.16 bits per heavy atom. The molecule has 1 heterocycles. The molecular weight excluding hydrogens is 392 g/mol. The summed E-state index contributed by atoms with van der Waals surface area (Å²) in [5, 5.41) is 8.90. The molecule has 0 atom stereocenters. The number of carbonyl (C=O) groups excluding carboxylic acids is 3. The molecule has 1 aliphatic heterocycles. The number of benzene rings is 1. The summed E-state index contributed by atoms with van der Waals surface area (Å²) < 4.78 is 0. The normalized spacial score (nSPS) is 16.7. The highest BCUT2D eigenvalue weighted by molar-refractivity contribution is 5.95. The van der Waals surface area contributed by atoms with E-state index in [-0.39, 0.29) is 37.0 Å². The summed E-state index contributed by atoms with van der Waals surface area (Å²) in [5.41, 5.74) is 0.740. The number of amides is 3. The van der Waals surface area contributed by atoms with Gasteiger partial charge < -0.3 is 14.7 Å². The molecule has 0 N–H and O–H groups in total. The van der Waals surface area contributed by atoms with Crippen molar-refractivity contribution in [2.45, 2.75) is 51.4 Å². The fourth-order valence-corrected chi connectivity index (χ4v) is 4.47. The predicted octanol–water partition coefficient (Wildman–Crippen LogP) is 2.96. The first-order valence-electron chi connectivity index (χ1n) is 11.4. The van der Waals surface area contributed by atoms with Gasteiger partial charge in [-0.05, 0) is 30.9 Å². The fraction of sp³-hybridized carbons (Fsp3) is 0.583. The van der Waals surface area contributed by atoms with Crippen LogP contribution in [0, 0.1) is 17.2 Å². The van der Waals surface area contributed by atoms with E-state index in [1.165, 1.54) is 12.8 Å². The summed E-state index contributed by atoms with van der Waals surface area (Å²) in [7, 11) is 0. The summed E-state index contributed by atoms with van der Waals surface area (Å²) >= 11 is 0. The molecule has 2 fully saturated rings. The van der Waals surface area contributed by atoms with E-state index in [9.17, 15) is 14.4 Å². The third kappa shape index (κ3) is 6.55. The Morgan fingerprint density at radius 1 is 0.935 bits per heavy atom. The Morgan fingerprint density at radius 2 is 1.55 bits per heavy atom. The molecule has 1 aliphatic carbocycles. The SMILES string of the molecule is N#CCCN(C(=O)CCC(=O)N1CCN(C(=O)CC2CCCC2)CC1)c1ccccc1. The van der Waals surface area contributed by atoms with E-state index < -0.39 is 0 Å². The van der Waals surface area contributed by atoms with Crippen molar-refractivity contribution < 1.29 is 14.4 Å². The van der Waals surface area contributed by atoms with Crippen LogP contribution >= 0.6 is 0 Å². The van der Waals surface area contributed by atoms with Crippen LogP contribution in [0.2, 0.25) is 0 Å². The van der Waals surface area contributed by atoms with E-state index >= 15 is 0 Å². The lowest BCUT2D eigenvalue weighted by molar-refractivity contribution is -0.140. The van der Waals surface area contributed by atoms with Crippen LogP contribution in [0.1, 0.15) is 51.4 Å². The zero-order valence-electron chi connectivity index (χ0n) is 18.2. The van der Waals surface area contributed by atoms with Crippen LogP contribution in [-0.2, 0) is 14.4 Å². The third-order valence-corrected chi connectivity index (χ3v) is 6.29. The first kappa shape index (κ1) is 22.8. The molecule has 0 unspecified atom stereocenters. The number of anilines is 1. The van der Waals surface area contributed by atoms with E-state index in [1.807, 2.05) is 35.2 Å². The molecule has 1 saturated heterocycles. The lowest BCUT2D eigenvalue weighted by atomic mass is 10.0. The molecule has 3 amide bonds. The number of nitriles is 1. The Kier molecular flexibility index (Phi) is 8.45. The second-order valence-corrected chi connectivity index (χ2v) is 8.41. The summed E-state index contributed by atoms with van der Waals surface area (Å²) in [6.07, 6.45) is 5.92. The molecule has 7 heteroatoms. The van der Waals surface area contributed by atoms with Gasteiger partial charge in [0, 0.05) is 57.7 Å². The second-order valence-electron chi connectivity index (χ2n) is 8.41. The number of nitrogens with zero attached hydrogens (tertiary/aromatic N) is 4. The third-order valence-electron chi connectivity index (χ3n) is 6.29. The lowest BCUT2D eigenvalue weighted by Crippen LogP contribution is -2.51. The second kappa shape index (κ2) is 11.5. The van der Waals surface area contributed by atoms with Crippen LogP contribution in [-0.4, -0.2) is 60.2 Å². The van der Waals surface area contributed by atoms with Gasteiger partial charge >= 0.3 is 0 Å². The maximum atomic E-state index is 12.7. The van der Waals surface area contributed by atoms with E-state index in [0.717, 1.165) is 18.5 Å². The monoisotopic (exact) mass is 424 g/mol. The standard InChI is InChI=1S/C24H32N4O3/c25-13-6-14-28(21-9-2-1-3-10-21)23(30)12-11-22(29)26-15-17-27(18-16-26)24(31)19-20-7-4-5-8-20/h1-3,9-10,20H,4-8,11-12,14-19H2. The molecular formula is C24H32N4O3. The van der Waals surface area contributed by atoms with Crippen molar-refractivity contribution in [3.63, 3.8) is 0 Å². The average Bonchev–Trinajstić information content (AvgIpc) is 3.31. The van der Waals surface area contributed by atoms with Gasteiger partial charge in [0.05, 0.1) is 12.5 Å². The van der Waals surface area contributed by atoms with Crippen molar-refractivity contribution >= 4 is 23.4 Å². The number of para-hydroxylation sites is 1. The van der Waals surface area contributed by atoms with E-state index in [0.29, 0.717) is 45.1 Å². The summed E-state index contributed by atoms with van der Waals surface area (Å²) in [5.74, 6) is 0.543. The molecule has 7 nitrogen and oxygen atoms in total. The molecule has 166 valence electrons. The van der Waals surface area contributed by atoms with Crippen LogP contribution in [0.15, 0.2) is 30.3 Å². The number of hydrogen-bond acceptors (Lipinski definition) is 4. The molecule has 31 heavy (non-hydrogen) atoms. The van der Waals surface area contributed by atoms with Crippen LogP contribution < -0.4 is 4.90 Å². The first-order valence-corrected chi connectivity index (χ1v) is 11.4. The molecule has 0 bridgehead atoms. The Balaban J connectivity index is 1.44. The van der Waals surface area contributed by atoms with Gasteiger partial charge in [-0.25, -0.2) is 0 Å². The van der Waals surface area contributed by atoms with Gasteiger partial charge in [-0.2, -0.15) is 5.26 Å². The molecule has 1 aromatic carbocycles. The van der Waals surface area contributed by atoms with Crippen molar-refractivity contribution in [1.29, 1.82) is 5.26 Å². The van der Waals surface area contributed by atoms with E-state index in [4.69, 9.17) is 5.26 Å². The van der Waals surface area contributed by atoms with E-state index in [1.54, 1.807) is 9.80 Å². The van der Waals surface area contributed by atoms with Gasteiger partial charge in [0.1, 0.15) is 0 Å². The zero-order valence-corrected chi connectivity index (χ0v) is 18.2. The molecule has 0 radical (unpaired) electrons. The highest BCUT2D eigenvalue weighted by atomic mass is 16.2. The van der Waals surface area contributed by atoms with Crippen molar-refractivity contribution in [3.05, 3.63) is 30.3 Å². The summed E-state index contributed by atoms with van der Waals surface area (Å²) in [6.45, 7) is 2.52. The lowest BCUT2D eigenvalue weighted by Gasteiger charge is -2.35. The van der Waals surface area contributed by atoms with Gasteiger partial charge in [0.25, 0.3) is 0 Å². The van der Waals surface area contributed by atoms with Crippen molar-refractivity contribution in [2.24, 2.45) is 5.92 Å². The number of carbonyl (C=O) groups is 3. The minimum absolute atomic E-state index is 0.0514. The highest BCUT2D eigenvalue weighted by Gasteiger charge is 2.27. The Labute approximate surface area is 184 Å². The fourth-order valence-electron chi connectivity index (χ4n) is 4.47. The number of rotatable bonds is 8. The quantitative estimate of drug-likeness (QED) is 0.642. The van der Waals surface area contributed by atoms with Gasteiger partial charge in [-0.3, -0.25) is 14.4 Å². The van der Waals surface area contributed by atoms with Gasteiger partial charge in [0.2, 0.25) is 17.7 Å². The highest BCUT2D eigenvalue weighted by Crippen LogP contribution is 2.28. The molecule has 1 aromatic rings. The van der Waals surface area contributed by atoms with Crippen LogP contribution in [0.3, 0.4) is 0 Å². The molecule has 3 rings (SSSR count). The molecule has 1 saturated carbocycles. The van der Waals surface area contributed by atoms with Crippen molar-refractivity contribution in [1.82, 2.24) is 9.80 Å². The maximum Gasteiger partial charge on any atom is 0.227 e. The largest absolute Gasteiger partial charge is 0.339 e. The number of piperazine rings is 1. The smallest absolute Gasteiger partial charge is 0.227 e. The first-order chi connectivity index (χ1) is 15.1. The van der Waals surface area contributed by atoms with Crippen molar-refractivity contribution in [3.8, 4) is 6.07 Å². The average molecular weight is 425 g/mol. The number of hydrogen-bond donors (Lipinski definition) is 0. The molecule has 2 aliphatic rings. The predicted molar refractivity (Wildman–Crippen MR) is 118 cm³/mol. The summed E-state index contributed by atoms with van der Waals surface area (Å²) in [6, 6.07) is 11.3. The van der Waals surface area contributed by atoms with E-state index in [2.05, 4.69) is 6.07 Å². The Hall–Kier alpha value is -2.88. The molecule has 0 aromatic heterocycles. The molecule has 0 spiro atoms. The van der Waals surface area contributed by atoms with Gasteiger partial charge in [-0.1, -0.05) is 31.0 Å². The topological polar surface area (TPSA) is 84.7 Å². The zero-order chi connectivity index (χ0) is 22.1. The van der Waals surface area contributed by atoms with Gasteiger partial charge in [0.15, 0.2) is 0 Å². The van der Waals surface area contributed by atoms with Crippen LogP contribution in [0.4, 0.5) is 5.69 Å². The maximum absolute atomic E-state index is 12.7. The van der Waals surface area contributed by atoms with Crippen molar-refractivity contribution in [2.75, 3.05) is 37.6 Å². The summed E-state index contributed by atoms with van der Waals surface area (Å²) in [4.78, 5) is 43.1. The van der Waals surface area contributed by atoms with Crippen LogP contribution in [0.25, 0.3) is 0 Å². The minimum Gasteiger partial charge on any atom is -0.339 e. The Bertz CT molecular complexity index is 791. The van der Waals surface area contributed by atoms with Gasteiger partial charge in [-0.15, -0.1) is 0 Å². The minimum atomic E-state index is -0.153. The van der Waals surface area contributed by atoms with Crippen LogP contribution in [0.5, 0.6) is 0 Å².